The maximum Gasteiger partial charge on any atom is 0.261 e. The standard InChI is InChI=1S/C21H22FN3O2/c1-14-4-10-18(11-5-14)27-15(2)21(26)24-19(20-23-12-13-25(20)3)16-6-8-17(22)9-7-16/h4-13,15,19H,1-3H3,(H,24,26)/t15-,19+/m0/s1. The van der Waals surface area contributed by atoms with Crippen molar-refractivity contribution in [2.24, 2.45) is 7.05 Å². The number of hydrogen-bond donors (Lipinski definition) is 1. The predicted molar refractivity (Wildman–Crippen MR) is 101 cm³/mol. The highest BCUT2D eigenvalue weighted by Crippen LogP contribution is 2.21. The lowest BCUT2D eigenvalue weighted by molar-refractivity contribution is -0.127. The Hall–Kier alpha value is -3.15. The van der Waals surface area contributed by atoms with E-state index < -0.39 is 12.1 Å². The molecule has 1 amide bonds. The van der Waals surface area contributed by atoms with Crippen LogP contribution in [0.2, 0.25) is 0 Å². The van der Waals surface area contributed by atoms with Gasteiger partial charge in [0.1, 0.15) is 23.4 Å². The van der Waals surface area contributed by atoms with Gasteiger partial charge in [0.15, 0.2) is 6.10 Å². The third-order valence-electron chi connectivity index (χ3n) is 4.31. The van der Waals surface area contributed by atoms with E-state index >= 15 is 0 Å². The summed E-state index contributed by atoms with van der Waals surface area (Å²) in [7, 11) is 1.84. The number of carbonyl (C=O) groups excluding carboxylic acids is 1. The fourth-order valence-electron chi connectivity index (χ4n) is 2.74. The van der Waals surface area contributed by atoms with Crippen LogP contribution in [0.4, 0.5) is 4.39 Å². The van der Waals surface area contributed by atoms with Gasteiger partial charge in [-0.25, -0.2) is 9.37 Å². The summed E-state index contributed by atoms with van der Waals surface area (Å²) in [5.41, 5.74) is 1.85. The second-order valence-electron chi connectivity index (χ2n) is 6.46. The minimum Gasteiger partial charge on any atom is -0.481 e. The number of carbonyl (C=O) groups is 1. The van der Waals surface area contributed by atoms with E-state index in [9.17, 15) is 9.18 Å². The average Bonchev–Trinajstić information content (AvgIpc) is 3.08. The molecule has 1 N–H and O–H groups in total. The summed E-state index contributed by atoms with van der Waals surface area (Å²) in [6.45, 7) is 3.68. The minimum absolute atomic E-state index is 0.284. The van der Waals surface area contributed by atoms with Crippen molar-refractivity contribution in [3.8, 4) is 5.75 Å². The third-order valence-corrected chi connectivity index (χ3v) is 4.31. The summed E-state index contributed by atoms with van der Waals surface area (Å²) in [4.78, 5) is 17.1. The van der Waals surface area contributed by atoms with Crippen LogP contribution in [0.5, 0.6) is 5.75 Å². The summed E-state index contributed by atoms with van der Waals surface area (Å²) in [6.07, 6.45) is 2.75. The Morgan fingerprint density at radius 3 is 2.41 bits per heavy atom. The van der Waals surface area contributed by atoms with Crippen molar-refractivity contribution in [1.82, 2.24) is 14.9 Å². The molecule has 0 aliphatic heterocycles. The first-order chi connectivity index (χ1) is 12.9. The molecule has 3 rings (SSSR count). The number of aromatic nitrogens is 2. The number of halogens is 1. The van der Waals surface area contributed by atoms with E-state index in [2.05, 4.69) is 10.3 Å². The van der Waals surface area contributed by atoms with Crippen LogP contribution in [0.3, 0.4) is 0 Å². The van der Waals surface area contributed by atoms with Crippen LogP contribution in [-0.4, -0.2) is 21.6 Å². The third kappa shape index (κ3) is 4.53. The Kier molecular flexibility index (Phi) is 5.54. The Bertz CT molecular complexity index is 904. The second kappa shape index (κ2) is 8.03. The molecule has 0 bridgehead atoms. The summed E-state index contributed by atoms with van der Waals surface area (Å²) in [5, 5.41) is 2.96. The molecule has 1 aromatic heterocycles. The Morgan fingerprint density at radius 2 is 1.81 bits per heavy atom. The van der Waals surface area contributed by atoms with Gasteiger partial charge in [-0.3, -0.25) is 4.79 Å². The molecule has 0 radical (unpaired) electrons. The van der Waals surface area contributed by atoms with Crippen molar-refractivity contribution in [2.45, 2.75) is 26.0 Å². The van der Waals surface area contributed by atoms with Crippen LogP contribution >= 0.6 is 0 Å². The van der Waals surface area contributed by atoms with Crippen molar-refractivity contribution in [3.05, 3.63) is 83.7 Å². The lowest BCUT2D eigenvalue weighted by Crippen LogP contribution is -2.39. The molecule has 0 saturated heterocycles. The highest BCUT2D eigenvalue weighted by atomic mass is 19.1. The Balaban J connectivity index is 1.78. The summed E-state index contributed by atoms with van der Waals surface area (Å²) in [6, 6.07) is 13.0. The fourth-order valence-corrected chi connectivity index (χ4v) is 2.74. The first-order valence-electron chi connectivity index (χ1n) is 8.70. The molecule has 140 valence electrons. The first kappa shape index (κ1) is 18.6. The number of benzene rings is 2. The van der Waals surface area contributed by atoms with E-state index in [-0.39, 0.29) is 11.7 Å². The van der Waals surface area contributed by atoms with Gasteiger partial charge < -0.3 is 14.6 Å². The molecule has 0 saturated carbocycles. The van der Waals surface area contributed by atoms with Gasteiger partial charge >= 0.3 is 0 Å². The van der Waals surface area contributed by atoms with Gasteiger partial charge in [0, 0.05) is 19.4 Å². The number of hydrogen-bond acceptors (Lipinski definition) is 3. The quantitative estimate of drug-likeness (QED) is 0.725. The molecule has 0 spiro atoms. The van der Waals surface area contributed by atoms with Crippen LogP contribution in [0.25, 0.3) is 0 Å². The van der Waals surface area contributed by atoms with Gasteiger partial charge in [-0.05, 0) is 43.7 Å². The Morgan fingerprint density at radius 1 is 1.15 bits per heavy atom. The van der Waals surface area contributed by atoms with E-state index in [1.807, 2.05) is 42.8 Å². The fraction of sp³-hybridized carbons (Fsp3) is 0.238. The normalized spacial score (nSPS) is 13.0. The number of aryl methyl sites for hydroxylation is 2. The molecule has 0 aliphatic rings. The molecule has 2 atom stereocenters. The summed E-state index contributed by atoms with van der Waals surface area (Å²) in [5.74, 6) is 0.656. The van der Waals surface area contributed by atoms with Crippen molar-refractivity contribution in [1.29, 1.82) is 0 Å². The van der Waals surface area contributed by atoms with Crippen molar-refractivity contribution < 1.29 is 13.9 Å². The molecule has 6 heteroatoms. The van der Waals surface area contributed by atoms with Gasteiger partial charge in [0.2, 0.25) is 0 Å². The van der Waals surface area contributed by atoms with Gasteiger partial charge in [-0.2, -0.15) is 0 Å². The van der Waals surface area contributed by atoms with Crippen molar-refractivity contribution >= 4 is 5.91 Å². The number of nitrogens with zero attached hydrogens (tertiary/aromatic N) is 2. The highest BCUT2D eigenvalue weighted by molar-refractivity contribution is 5.81. The largest absolute Gasteiger partial charge is 0.481 e. The lowest BCUT2D eigenvalue weighted by Gasteiger charge is -2.22. The monoisotopic (exact) mass is 367 g/mol. The molecule has 5 nitrogen and oxygen atoms in total. The molecular weight excluding hydrogens is 345 g/mol. The molecule has 1 heterocycles. The predicted octanol–water partition coefficient (Wildman–Crippen LogP) is 3.54. The zero-order chi connectivity index (χ0) is 19.4. The van der Waals surface area contributed by atoms with Crippen LogP contribution < -0.4 is 10.1 Å². The Labute approximate surface area is 157 Å². The van der Waals surface area contributed by atoms with Crippen LogP contribution in [0.15, 0.2) is 60.9 Å². The van der Waals surface area contributed by atoms with E-state index in [0.717, 1.165) is 11.1 Å². The van der Waals surface area contributed by atoms with Gasteiger partial charge in [-0.15, -0.1) is 0 Å². The van der Waals surface area contributed by atoms with Crippen LogP contribution in [0.1, 0.15) is 29.9 Å². The molecule has 3 aromatic rings. The second-order valence-corrected chi connectivity index (χ2v) is 6.46. The van der Waals surface area contributed by atoms with Crippen LogP contribution in [0, 0.1) is 12.7 Å². The van der Waals surface area contributed by atoms with Gasteiger partial charge in [0.05, 0.1) is 0 Å². The lowest BCUT2D eigenvalue weighted by atomic mass is 10.1. The molecule has 0 aliphatic carbocycles. The van der Waals surface area contributed by atoms with Gasteiger partial charge in [0.25, 0.3) is 5.91 Å². The molecule has 2 aromatic carbocycles. The molecule has 0 fully saturated rings. The number of rotatable bonds is 6. The van der Waals surface area contributed by atoms with Crippen molar-refractivity contribution in [3.63, 3.8) is 0 Å². The number of ether oxygens (including phenoxy) is 1. The number of nitrogens with one attached hydrogen (secondary N) is 1. The number of imidazole rings is 1. The van der Waals surface area contributed by atoms with Gasteiger partial charge in [-0.1, -0.05) is 29.8 Å². The smallest absolute Gasteiger partial charge is 0.261 e. The zero-order valence-electron chi connectivity index (χ0n) is 15.5. The van der Waals surface area contributed by atoms with Crippen LogP contribution in [-0.2, 0) is 11.8 Å². The molecule has 27 heavy (non-hydrogen) atoms. The highest BCUT2D eigenvalue weighted by Gasteiger charge is 2.24. The van der Waals surface area contributed by atoms with Crippen molar-refractivity contribution in [2.75, 3.05) is 0 Å². The van der Waals surface area contributed by atoms with E-state index in [1.165, 1.54) is 12.1 Å². The molecule has 0 unspecified atom stereocenters. The number of amides is 1. The minimum atomic E-state index is -0.698. The zero-order valence-corrected chi connectivity index (χ0v) is 15.5. The SMILES string of the molecule is Cc1ccc(O[C@@H](C)C(=O)N[C@H](c2ccc(F)cc2)c2nccn2C)cc1. The average molecular weight is 367 g/mol. The van der Waals surface area contributed by atoms with E-state index in [1.54, 1.807) is 31.5 Å². The van der Waals surface area contributed by atoms with E-state index in [4.69, 9.17) is 4.74 Å². The maximum atomic E-state index is 13.3. The first-order valence-corrected chi connectivity index (χ1v) is 8.70. The summed E-state index contributed by atoms with van der Waals surface area (Å²) < 4.78 is 20.9. The topological polar surface area (TPSA) is 56.1 Å². The molecular formula is C21H22FN3O2. The van der Waals surface area contributed by atoms with E-state index in [0.29, 0.717) is 11.6 Å². The maximum absolute atomic E-state index is 13.3. The summed E-state index contributed by atoms with van der Waals surface area (Å²) >= 11 is 0.